The molecule has 0 bridgehead atoms. The quantitative estimate of drug-likeness (QED) is 0.599. The molecule has 0 heterocycles. The van der Waals surface area contributed by atoms with Crippen LogP contribution >= 0.6 is 0 Å². The first-order valence-electron chi connectivity index (χ1n) is 10.3. The topological polar surface area (TPSA) is 81.7 Å². The van der Waals surface area contributed by atoms with Gasteiger partial charge in [-0.05, 0) is 43.2 Å². The molecular weight excluding hydrogens is 435 g/mol. The average Bonchev–Trinajstić information content (AvgIpc) is 3.52. The summed E-state index contributed by atoms with van der Waals surface area (Å²) in [6, 6.07) is 2.42. The van der Waals surface area contributed by atoms with Crippen LogP contribution in [0.15, 0.2) is 12.1 Å². The first-order chi connectivity index (χ1) is 14.4. The maximum absolute atomic E-state index is 14.7. The molecule has 1 aromatic rings. The number of carbonyl (C=O) groups excluding carboxylic acids is 1. The van der Waals surface area contributed by atoms with Gasteiger partial charge in [-0.25, -0.2) is 26.3 Å². The van der Waals surface area contributed by atoms with Crippen molar-refractivity contribution in [3.8, 4) is 5.75 Å². The third kappa shape index (κ3) is 6.35. The molecule has 1 amide bonds. The summed E-state index contributed by atoms with van der Waals surface area (Å²) in [5, 5.41) is 0. The molecule has 2 fully saturated rings. The number of methoxy groups -OCH3 is 1. The van der Waals surface area contributed by atoms with Crippen LogP contribution in [-0.2, 0) is 14.8 Å². The van der Waals surface area contributed by atoms with E-state index in [0.717, 1.165) is 18.9 Å². The van der Waals surface area contributed by atoms with Crippen molar-refractivity contribution in [3.63, 3.8) is 0 Å². The van der Waals surface area contributed by atoms with Crippen LogP contribution < -0.4 is 9.46 Å². The van der Waals surface area contributed by atoms with Gasteiger partial charge < -0.3 is 9.47 Å². The number of sulfonamides is 1. The van der Waals surface area contributed by atoms with Crippen LogP contribution in [-0.4, -0.2) is 46.3 Å². The number of nitrogens with one attached hydrogen (secondary N) is 1. The smallest absolute Gasteiger partial charge is 0.267 e. The summed E-state index contributed by atoms with van der Waals surface area (Å²) in [5.41, 5.74) is -0.186. The minimum absolute atomic E-state index is 0.0933. The number of benzene rings is 1. The summed E-state index contributed by atoms with van der Waals surface area (Å²) in [5.74, 6) is -4.66. The Balaban J connectivity index is 1.74. The Kier molecular flexibility index (Phi) is 6.90. The van der Waals surface area contributed by atoms with Gasteiger partial charge in [0.25, 0.3) is 5.91 Å². The number of ether oxygens (including phenoxy) is 2. The largest absolute Gasteiger partial charge is 0.493 e. The highest BCUT2D eigenvalue weighted by molar-refractivity contribution is 7.90. The Morgan fingerprint density at radius 2 is 1.84 bits per heavy atom. The van der Waals surface area contributed by atoms with Crippen LogP contribution in [0.25, 0.3) is 0 Å². The second-order valence-electron chi connectivity index (χ2n) is 8.84. The molecule has 10 heteroatoms. The maximum atomic E-state index is 14.7. The van der Waals surface area contributed by atoms with Crippen molar-refractivity contribution in [2.75, 3.05) is 26.1 Å². The number of hydrogen-bond acceptors (Lipinski definition) is 5. The molecular formula is C21H28F3NO5S. The van der Waals surface area contributed by atoms with Crippen LogP contribution in [0, 0.1) is 11.2 Å². The number of halogens is 3. The van der Waals surface area contributed by atoms with E-state index in [1.165, 1.54) is 13.2 Å². The van der Waals surface area contributed by atoms with E-state index in [1.807, 2.05) is 11.6 Å². The molecule has 2 aliphatic rings. The predicted octanol–water partition coefficient (Wildman–Crippen LogP) is 4.00. The van der Waals surface area contributed by atoms with E-state index in [2.05, 4.69) is 0 Å². The van der Waals surface area contributed by atoms with Crippen molar-refractivity contribution in [2.24, 2.45) is 5.41 Å². The average molecular weight is 464 g/mol. The minimum atomic E-state index is -3.96. The van der Waals surface area contributed by atoms with Gasteiger partial charge >= 0.3 is 0 Å². The molecule has 0 radical (unpaired) electrons. The molecule has 0 aromatic heterocycles. The number of rotatable bonds is 9. The van der Waals surface area contributed by atoms with Crippen molar-refractivity contribution in [1.29, 1.82) is 0 Å². The van der Waals surface area contributed by atoms with E-state index in [0.29, 0.717) is 18.4 Å². The van der Waals surface area contributed by atoms with E-state index < -0.39 is 38.8 Å². The molecule has 3 rings (SSSR count). The zero-order valence-corrected chi connectivity index (χ0v) is 18.5. The number of amides is 1. The van der Waals surface area contributed by atoms with Crippen molar-refractivity contribution in [3.05, 3.63) is 29.1 Å². The SMILES string of the molecule is COCCS(=O)(=O)NC(=O)c1cc(C2CC2)c(OCC2(C)CCC(F)(F)CC2)cc1F. The van der Waals surface area contributed by atoms with E-state index >= 15 is 0 Å². The highest BCUT2D eigenvalue weighted by Crippen LogP contribution is 2.47. The first kappa shape index (κ1) is 23.8. The maximum Gasteiger partial charge on any atom is 0.267 e. The molecule has 6 nitrogen and oxygen atoms in total. The molecule has 1 aromatic carbocycles. The molecule has 31 heavy (non-hydrogen) atoms. The second-order valence-corrected chi connectivity index (χ2v) is 10.7. The lowest BCUT2D eigenvalue weighted by molar-refractivity contribution is -0.0712. The summed E-state index contributed by atoms with van der Waals surface area (Å²) in [6.07, 6.45) is 1.90. The third-order valence-electron chi connectivity index (χ3n) is 5.93. The Morgan fingerprint density at radius 3 is 2.42 bits per heavy atom. The lowest BCUT2D eigenvalue weighted by atomic mass is 9.75. The summed E-state index contributed by atoms with van der Waals surface area (Å²) in [6.45, 7) is 1.94. The van der Waals surface area contributed by atoms with Crippen LogP contribution in [0.4, 0.5) is 13.2 Å². The van der Waals surface area contributed by atoms with Crippen molar-refractivity contribution < 1.29 is 35.9 Å². The Hall–Kier alpha value is -1.81. The van der Waals surface area contributed by atoms with Gasteiger partial charge in [0.2, 0.25) is 15.9 Å². The molecule has 174 valence electrons. The van der Waals surface area contributed by atoms with Gasteiger partial charge in [-0.3, -0.25) is 4.79 Å². The van der Waals surface area contributed by atoms with Crippen LogP contribution in [0.2, 0.25) is 0 Å². The molecule has 2 aliphatic carbocycles. The molecule has 2 saturated carbocycles. The highest BCUT2D eigenvalue weighted by atomic mass is 32.2. The van der Waals surface area contributed by atoms with E-state index in [1.54, 1.807) is 0 Å². The van der Waals surface area contributed by atoms with Crippen LogP contribution in [0.3, 0.4) is 0 Å². The second kappa shape index (κ2) is 8.97. The molecule has 0 saturated heterocycles. The van der Waals surface area contributed by atoms with E-state index in [9.17, 15) is 26.4 Å². The van der Waals surface area contributed by atoms with Crippen LogP contribution in [0.1, 0.15) is 67.3 Å². The molecule has 0 unspecified atom stereocenters. The minimum Gasteiger partial charge on any atom is -0.493 e. The lowest BCUT2D eigenvalue weighted by Gasteiger charge is -2.37. The van der Waals surface area contributed by atoms with Crippen LogP contribution in [0.5, 0.6) is 5.75 Å². The van der Waals surface area contributed by atoms with Crippen molar-refractivity contribution in [2.45, 2.75) is 57.3 Å². The first-order valence-corrected chi connectivity index (χ1v) is 12.0. The Labute approximate surface area is 180 Å². The predicted molar refractivity (Wildman–Crippen MR) is 109 cm³/mol. The lowest BCUT2D eigenvalue weighted by Crippen LogP contribution is -2.35. The number of hydrogen-bond donors (Lipinski definition) is 1. The zero-order chi connectivity index (χ0) is 22.9. The summed E-state index contributed by atoms with van der Waals surface area (Å²) in [7, 11) is -2.63. The summed E-state index contributed by atoms with van der Waals surface area (Å²) in [4.78, 5) is 12.4. The standard InChI is InChI=1S/C21H28F3NO5S/c1-20(5-7-21(23,24)8-6-20)13-30-18-12-17(22)16(11-15(18)14-3-4-14)19(26)25-31(27,28)10-9-29-2/h11-12,14H,3-10,13H2,1-2H3,(H,25,26). The molecule has 0 atom stereocenters. The van der Waals surface area contributed by atoms with E-state index in [4.69, 9.17) is 9.47 Å². The number of alkyl halides is 2. The van der Waals surface area contributed by atoms with Crippen molar-refractivity contribution in [1.82, 2.24) is 4.72 Å². The van der Waals surface area contributed by atoms with Gasteiger partial charge in [0.1, 0.15) is 11.6 Å². The fourth-order valence-corrected chi connectivity index (χ4v) is 4.52. The highest BCUT2D eigenvalue weighted by Gasteiger charge is 2.41. The van der Waals surface area contributed by atoms with Crippen molar-refractivity contribution >= 4 is 15.9 Å². The van der Waals surface area contributed by atoms with Gasteiger partial charge in [-0.15, -0.1) is 0 Å². The van der Waals surface area contributed by atoms with Gasteiger partial charge in [0.05, 0.1) is 24.5 Å². The molecule has 1 N–H and O–H groups in total. The monoisotopic (exact) mass is 463 g/mol. The summed E-state index contributed by atoms with van der Waals surface area (Å²) >= 11 is 0. The van der Waals surface area contributed by atoms with Gasteiger partial charge in [0.15, 0.2) is 0 Å². The fraction of sp³-hybridized carbons (Fsp3) is 0.667. The number of carbonyl (C=O) groups is 1. The van der Waals surface area contributed by atoms with E-state index in [-0.39, 0.29) is 43.3 Å². The Bertz CT molecular complexity index is 921. The molecule has 0 aliphatic heterocycles. The third-order valence-corrected chi connectivity index (χ3v) is 7.13. The molecule has 0 spiro atoms. The van der Waals surface area contributed by atoms with Gasteiger partial charge in [-0.2, -0.15) is 0 Å². The Morgan fingerprint density at radius 1 is 1.19 bits per heavy atom. The normalized spacial score (nSPS) is 20.3. The van der Waals surface area contributed by atoms with Gasteiger partial charge in [0, 0.05) is 31.4 Å². The zero-order valence-electron chi connectivity index (χ0n) is 17.7. The van der Waals surface area contributed by atoms with Gasteiger partial charge in [-0.1, -0.05) is 6.92 Å². The fourth-order valence-electron chi connectivity index (χ4n) is 3.64. The summed E-state index contributed by atoms with van der Waals surface area (Å²) < 4.78 is 77.9.